The molecule has 0 N–H and O–H groups in total. The Morgan fingerprint density at radius 2 is 1.55 bits per heavy atom. The zero-order valence-electron chi connectivity index (χ0n) is 21.9. The van der Waals surface area contributed by atoms with Crippen molar-refractivity contribution in [3.8, 4) is 0 Å². The number of piperidine rings is 4. The SMILES string of the molecule is CN1CCCC2(CCN(C(C)(C)CC3CC4CN(C(C)(C)C)CCC4N(C)C3)CC2)C1. The van der Waals surface area contributed by atoms with Crippen LogP contribution in [0.4, 0.5) is 0 Å². The van der Waals surface area contributed by atoms with Gasteiger partial charge in [0.15, 0.2) is 0 Å². The molecular formula is C27H52N4. The first kappa shape index (κ1) is 24.0. The van der Waals surface area contributed by atoms with Gasteiger partial charge >= 0.3 is 0 Å². The second-order valence-electron chi connectivity index (χ2n) is 13.6. The molecule has 3 unspecified atom stereocenters. The lowest BCUT2D eigenvalue weighted by molar-refractivity contribution is -0.0400. The van der Waals surface area contributed by atoms with Crippen LogP contribution in [-0.2, 0) is 0 Å². The van der Waals surface area contributed by atoms with E-state index in [4.69, 9.17) is 0 Å². The summed E-state index contributed by atoms with van der Waals surface area (Å²) in [5.41, 5.74) is 1.27. The first-order chi connectivity index (χ1) is 14.5. The van der Waals surface area contributed by atoms with Crippen molar-refractivity contribution in [2.75, 3.05) is 59.9 Å². The third-order valence-corrected chi connectivity index (χ3v) is 9.71. The molecule has 0 radical (unpaired) electrons. The monoisotopic (exact) mass is 432 g/mol. The van der Waals surface area contributed by atoms with Gasteiger partial charge in [-0.15, -0.1) is 0 Å². The van der Waals surface area contributed by atoms with Gasteiger partial charge in [0.05, 0.1) is 0 Å². The highest BCUT2D eigenvalue weighted by Crippen LogP contribution is 2.43. The highest BCUT2D eigenvalue weighted by molar-refractivity contribution is 4.99. The van der Waals surface area contributed by atoms with Gasteiger partial charge in [-0.2, -0.15) is 0 Å². The second-order valence-corrected chi connectivity index (χ2v) is 13.6. The fraction of sp³-hybridized carbons (Fsp3) is 1.00. The average Bonchev–Trinajstić information content (AvgIpc) is 2.67. The number of fused-ring (bicyclic) bond motifs is 1. The van der Waals surface area contributed by atoms with E-state index in [0.717, 1.165) is 17.9 Å². The topological polar surface area (TPSA) is 13.0 Å². The molecule has 0 aromatic heterocycles. The maximum absolute atomic E-state index is 2.86. The van der Waals surface area contributed by atoms with Crippen molar-refractivity contribution in [3.63, 3.8) is 0 Å². The summed E-state index contributed by atoms with van der Waals surface area (Å²) in [5.74, 6) is 1.70. The largest absolute Gasteiger partial charge is 0.306 e. The number of hydrogen-bond acceptors (Lipinski definition) is 4. The number of rotatable bonds is 3. The van der Waals surface area contributed by atoms with Gasteiger partial charge in [-0.1, -0.05) is 0 Å². The average molecular weight is 433 g/mol. The quantitative estimate of drug-likeness (QED) is 0.655. The van der Waals surface area contributed by atoms with Gasteiger partial charge in [-0.05, 0) is 131 Å². The van der Waals surface area contributed by atoms with Crippen LogP contribution in [0.3, 0.4) is 0 Å². The molecule has 0 aromatic rings. The Kier molecular flexibility index (Phi) is 6.88. The molecule has 4 nitrogen and oxygen atoms in total. The van der Waals surface area contributed by atoms with Crippen LogP contribution in [0.1, 0.15) is 79.6 Å². The molecule has 0 amide bonds. The van der Waals surface area contributed by atoms with Crippen molar-refractivity contribution in [3.05, 3.63) is 0 Å². The van der Waals surface area contributed by atoms with Crippen molar-refractivity contribution in [1.82, 2.24) is 19.6 Å². The third-order valence-electron chi connectivity index (χ3n) is 9.71. The first-order valence-corrected chi connectivity index (χ1v) is 13.4. The minimum Gasteiger partial charge on any atom is -0.306 e. The normalized spacial score (nSPS) is 34.7. The van der Waals surface area contributed by atoms with Crippen molar-refractivity contribution < 1.29 is 0 Å². The van der Waals surface area contributed by atoms with Crippen LogP contribution in [0, 0.1) is 17.3 Å². The molecule has 4 fully saturated rings. The predicted octanol–water partition coefficient (Wildman–Crippen LogP) is 4.40. The van der Waals surface area contributed by atoms with Gasteiger partial charge in [0, 0.05) is 43.3 Å². The summed E-state index contributed by atoms with van der Waals surface area (Å²) in [6.45, 7) is 21.4. The number of nitrogens with zero attached hydrogens (tertiary/aromatic N) is 4. The molecule has 4 rings (SSSR count). The minimum absolute atomic E-state index is 0.312. The van der Waals surface area contributed by atoms with Crippen LogP contribution in [0.2, 0.25) is 0 Å². The van der Waals surface area contributed by atoms with E-state index in [9.17, 15) is 0 Å². The van der Waals surface area contributed by atoms with Crippen LogP contribution in [-0.4, -0.2) is 96.6 Å². The first-order valence-electron chi connectivity index (χ1n) is 13.4. The molecule has 0 bridgehead atoms. The standard InChI is InChI=1S/C27H52N4/c1-25(2,3)31-14-9-24-23(20-31)17-22(19-29(24)7)18-26(4,5)30-15-11-27(12-16-30)10-8-13-28(6)21-27/h22-24H,8-21H2,1-7H3. The second kappa shape index (κ2) is 8.89. The molecule has 4 heteroatoms. The van der Waals surface area contributed by atoms with E-state index in [1.165, 1.54) is 90.8 Å². The number of likely N-dealkylation sites (tertiary alicyclic amines) is 4. The molecule has 4 aliphatic rings. The Labute approximate surface area is 193 Å². The Morgan fingerprint density at radius 1 is 0.839 bits per heavy atom. The smallest absolute Gasteiger partial charge is 0.0156 e. The summed E-state index contributed by atoms with van der Waals surface area (Å²) in [5, 5.41) is 0. The summed E-state index contributed by atoms with van der Waals surface area (Å²) in [6.07, 6.45) is 9.86. The van der Waals surface area contributed by atoms with Gasteiger partial charge in [-0.3, -0.25) is 9.80 Å². The van der Waals surface area contributed by atoms with Gasteiger partial charge in [0.2, 0.25) is 0 Å². The summed E-state index contributed by atoms with van der Waals surface area (Å²) in [6, 6.07) is 0.816. The van der Waals surface area contributed by atoms with Gasteiger partial charge in [0.1, 0.15) is 0 Å². The number of hydrogen-bond donors (Lipinski definition) is 0. The molecule has 4 saturated heterocycles. The van der Waals surface area contributed by atoms with Crippen LogP contribution in [0.5, 0.6) is 0 Å². The van der Waals surface area contributed by atoms with Crippen molar-refractivity contribution in [2.45, 2.75) is 96.7 Å². The summed E-state index contributed by atoms with van der Waals surface area (Å²) in [7, 11) is 4.74. The molecule has 180 valence electrons. The van der Waals surface area contributed by atoms with Crippen molar-refractivity contribution in [1.29, 1.82) is 0 Å². The van der Waals surface area contributed by atoms with Crippen molar-refractivity contribution >= 4 is 0 Å². The molecule has 3 atom stereocenters. The molecule has 0 aromatic carbocycles. The van der Waals surface area contributed by atoms with Gasteiger partial charge in [-0.25, -0.2) is 0 Å². The Balaban J connectivity index is 1.34. The van der Waals surface area contributed by atoms with E-state index >= 15 is 0 Å². The zero-order valence-corrected chi connectivity index (χ0v) is 21.9. The van der Waals surface area contributed by atoms with Crippen LogP contribution in [0.15, 0.2) is 0 Å². The third kappa shape index (κ3) is 5.34. The maximum atomic E-state index is 2.86. The Hall–Kier alpha value is -0.160. The van der Waals surface area contributed by atoms with E-state index in [1.807, 2.05) is 0 Å². The van der Waals surface area contributed by atoms with Gasteiger partial charge < -0.3 is 9.80 Å². The van der Waals surface area contributed by atoms with E-state index in [2.05, 4.69) is 68.3 Å². The van der Waals surface area contributed by atoms with Crippen LogP contribution >= 0.6 is 0 Å². The van der Waals surface area contributed by atoms with Crippen LogP contribution in [0.25, 0.3) is 0 Å². The van der Waals surface area contributed by atoms with Gasteiger partial charge in [0.25, 0.3) is 0 Å². The van der Waals surface area contributed by atoms with E-state index in [1.54, 1.807) is 0 Å². The van der Waals surface area contributed by atoms with Crippen LogP contribution < -0.4 is 0 Å². The van der Waals surface area contributed by atoms with E-state index in [0.29, 0.717) is 16.5 Å². The van der Waals surface area contributed by atoms with E-state index in [-0.39, 0.29) is 0 Å². The lowest BCUT2D eigenvalue weighted by Gasteiger charge is -2.54. The van der Waals surface area contributed by atoms with Crippen molar-refractivity contribution in [2.24, 2.45) is 17.3 Å². The molecule has 0 aliphatic carbocycles. The summed E-state index contributed by atoms with van der Waals surface area (Å²) in [4.78, 5) is 10.9. The maximum Gasteiger partial charge on any atom is 0.0156 e. The molecule has 4 aliphatic heterocycles. The molecule has 4 heterocycles. The summed E-state index contributed by atoms with van der Waals surface area (Å²) < 4.78 is 0. The van der Waals surface area contributed by atoms with E-state index < -0.39 is 0 Å². The molecule has 0 saturated carbocycles. The minimum atomic E-state index is 0.312. The lowest BCUT2D eigenvalue weighted by atomic mass is 9.71. The predicted molar refractivity (Wildman–Crippen MR) is 133 cm³/mol. The fourth-order valence-electron chi connectivity index (χ4n) is 7.92. The Morgan fingerprint density at radius 3 is 2.19 bits per heavy atom. The highest BCUT2D eigenvalue weighted by Gasteiger charge is 2.44. The molecule has 1 spiro atoms. The Bertz CT molecular complexity index is 601. The highest BCUT2D eigenvalue weighted by atomic mass is 15.2. The zero-order chi connectivity index (χ0) is 22.4. The molecular weight excluding hydrogens is 380 g/mol. The fourth-order valence-corrected chi connectivity index (χ4v) is 7.92. The lowest BCUT2D eigenvalue weighted by Crippen LogP contribution is -2.59. The summed E-state index contributed by atoms with van der Waals surface area (Å²) >= 11 is 0. The molecule has 31 heavy (non-hydrogen) atoms.